The van der Waals surface area contributed by atoms with Crippen molar-refractivity contribution in [2.45, 2.75) is 38.4 Å². The van der Waals surface area contributed by atoms with Crippen molar-refractivity contribution in [3.8, 4) is 5.75 Å². The quantitative estimate of drug-likeness (QED) is 0.460. The smallest absolute Gasteiger partial charge is 0.416 e. The van der Waals surface area contributed by atoms with Crippen LogP contribution in [0.3, 0.4) is 0 Å². The van der Waals surface area contributed by atoms with Crippen molar-refractivity contribution in [2.24, 2.45) is 0 Å². The molecule has 0 atom stereocenters. The van der Waals surface area contributed by atoms with Crippen molar-refractivity contribution < 1.29 is 22.3 Å². The van der Waals surface area contributed by atoms with E-state index in [0.29, 0.717) is 23.3 Å². The molecule has 0 saturated carbocycles. The number of alkyl halides is 3. The first-order valence-corrected chi connectivity index (χ1v) is 10.1. The van der Waals surface area contributed by atoms with E-state index in [1.54, 1.807) is 4.90 Å². The zero-order valence-corrected chi connectivity index (χ0v) is 16.6. The van der Waals surface area contributed by atoms with Crippen molar-refractivity contribution in [1.82, 2.24) is 0 Å². The second kappa shape index (κ2) is 6.94. The van der Waals surface area contributed by atoms with E-state index in [1.807, 2.05) is 12.1 Å². The van der Waals surface area contributed by atoms with Gasteiger partial charge in [0.15, 0.2) is 6.73 Å². The molecule has 0 saturated heterocycles. The molecule has 0 unspecified atom stereocenters. The van der Waals surface area contributed by atoms with Crippen molar-refractivity contribution in [3.05, 3.63) is 68.0 Å². The van der Waals surface area contributed by atoms with Gasteiger partial charge in [0.05, 0.1) is 28.4 Å². The molecule has 0 amide bonds. The molecule has 3 aromatic rings. The summed E-state index contributed by atoms with van der Waals surface area (Å²) in [6.07, 6.45) is -1.01. The zero-order chi connectivity index (χ0) is 21.0. The van der Waals surface area contributed by atoms with E-state index in [1.165, 1.54) is 6.07 Å². The summed E-state index contributed by atoms with van der Waals surface area (Å²) in [6.45, 7) is 0.254. The molecule has 30 heavy (non-hydrogen) atoms. The van der Waals surface area contributed by atoms with E-state index < -0.39 is 11.7 Å². The highest BCUT2D eigenvalue weighted by molar-refractivity contribution is 6.33. The van der Waals surface area contributed by atoms with E-state index in [-0.39, 0.29) is 29.6 Å². The van der Waals surface area contributed by atoms with Gasteiger partial charge in [-0.2, -0.15) is 13.2 Å². The second-order valence-corrected chi connectivity index (χ2v) is 8.02. The van der Waals surface area contributed by atoms with Crippen LogP contribution in [0.1, 0.15) is 35.1 Å². The summed E-state index contributed by atoms with van der Waals surface area (Å²) in [4.78, 5) is 14.2. The molecule has 0 bridgehead atoms. The molecule has 2 aliphatic rings. The molecule has 1 aromatic heterocycles. The highest BCUT2D eigenvalue weighted by atomic mass is 35.5. The molecular formula is C22H17ClF3NO3. The number of fused-ring (bicyclic) bond motifs is 5. The molecule has 2 aromatic carbocycles. The molecule has 1 aliphatic heterocycles. The summed E-state index contributed by atoms with van der Waals surface area (Å²) in [7, 11) is 0. The maximum Gasteiger partial charge on any atom is 0.416 e. The lowest BCUT2D eigenvalue weighted by atomic mass is 9.90. The Kier molecular flexibility index (Phi) is 4.47. The monoisotopic (exact) mass is 435 g/mol. The Bertz CT molecular complexity index is 1220. The summed E-state index contributed by atoms with van der Waals surface area (Å²) in [5.74, 6) is 0.556. The number of nitrogens with zero attached hydrogens (tertiary/aromatic N) is 1. The minimum absolute atomic E-state index is 0.0364. The minimum Gasteiger partial charge on any atom is -0.473 e. The summed E-state index contributed by atoms with van der Waals surface area (Å²) in [5.41, 5.74) is 1.89. The van der Waals surface area contributed by atoms with E-state index in [9.17, 15) is 18.0 Å². The Morgan fingerprint density at radius 2 is 1.77 bits per heavy atom. The van der Waals surface area contributed by atoms with Crippen molar-refractivity contribution in [1.29, 1.82) is 0 Å². The predicted molar refractivity (Wildman–Crippen MR) is 107 cm³/mol. The molecule has 1 aliphatic carbocycles. The van der Waals surface area contributed by atoms with Crippen LogP contribution in [0.4, 0.5) is 18.9 Å². The number of anilines is 1. The maximum absolute atomic E-state index is 13.2. The van der Waals surface area contributed by atoms with Crippen LogP contribution in [-0.4, -0.2) is 6.73 Å². The molecule has 4 nitrogen and oxygen atoms in total. The van der Waals surface area contributed by atoms with Gasteiger partial charge in [0, 0.05) is 10.9 Å². The maximum atomic E-state index is 13.2. The fourth-order valence-corrected chi connectivity index (χ4v) is 4.54. The van der Waals surface area contributed by atoms with Crippen LogP contribution >= 0.6 is 11.6 Å². The Hall–Kier alpha value is -2.67. The topological polar surface area (TPSA) is 42.7 Å². The first-order valence-electron chi connectivity index (χ1n) is 9.68. The average molecular weight is 436 g/mol. The van der Waals surface area contributed by atoms with Crippen LogP contribution in [0.25, 0.3) is 11.0 Å². The Morgan fingerprint density at radius 3 is 2.53 bits per heavy atom. The number of hydrogen-bond acceptors (Lipinski definition) is 4. The van der Waals surface area contributed by atoms with Crippen LogP contribution in [0, 0.1) is 0 Å². The fourth-order valence-electron chi connectivity index (χ4n) is 4.30. The van der Waals surface area contributed by atoms with Gasteiger partial charge in [-0.05, 0) is 61.6 Å². The van der Waals surface area contributed by atoms with Gasteiger partial charge in [0.2, 0.25) is 0 Å². The first-order chi connectivity index (χ1) is 14.3. The van der Waals surface area contributed by atoms with E-state index >= 15 is 0 Å². The largest absolute Gasteiger partial charge is 0.473 e. The Labute approximate surface area is 174 Å². The van der Waals surface area contributed by atoms with Crippen LogP contribution < -0.4 is 15.3 Å². The van der Waals surface area contributed by atoms with Gasteiger partial charge in [-0.25, -0.2) is 4.79 Å². The molecule has 5 rings (SSSR count). The third-order valence-corrected chi connectivity index (χ3v) is 6.11. The normalized spacial score (nSPS) is 16.2. The van der Waals surface area contributed by atoms with Gasteiger partial charge in [-0.1, -0.05) is 11.6 Å². The minimum atomic E-state index is -4.48. The number of benzene rings is 2. The van der Waals surface area contributed by atoms with Gasteiger partial charge in [0.25, 0.3) is 0 Å². The number of aryl methyl sites for hydroxylation is 1. The van der Waals surface area contributed by atoms with Gasteiger partial charge in [-0.3, -0.25) is 0 Å². The van der Waals surface area contributed by atoms with Crippen LogP contribution in [0.5, 0.6) is 5.75 Å². The lowest BCUT2D eigenvalue weighted by molar-refractivity contribution is -0.137. The number of ether oxygens (including phenoxy) is 1. The number of halogens is 4. The molecule has 2 heterocycles. The molecule has 8 heteroatoms. The highest BCUT2D eigenvalue weighted by Gasteiger charge is 2.32. The molecule has 156 valence electrons. The lowest BCUT2D eigenvalue weighted by Crippen LogP contribution is -2.32. The van der Waals surface area contributed by atoms with Gasteiger partial charge >= 0.3 is 11.8 Å². The zero-order valence-electron chi connectivity index (χ0n) is 15.8. The van der Waals surface area contributed by atoms with E-state index in [4.69, 9.17) is 20.8 Å². The van der Waals surface area contributed by atoms with Crippen LogP contribution in [0.2, 0.25) is 5.02 Å². The third kappa shape index (κ3) is 3.12. The summed E-state index contributed by atoms with van der Waals surface area (Å²) in [5, 5.41) is 1.05. The predicted octanol–water partition coefficient (Wildman–Crippen LogP) is 5.70. The molecule has 0 fully saturated rings. The third-order valence-electron chi connectivity index (χ3n) is 5.79. The van der Waals surface area contributed by atoms with E-state index in [0.717, 1.165) is 47.9 Å². The summed E-state index contributed by atoms with van der Waals surface area (Å²) < 4.78 is 51.0. The average Bonchev–Trinajstić information content (AvgIpc) is 2.73. The van der Waals surface area contributed by atoms with Crippen LogP contribution in [0.15, 0.2) is 39.5 Å². The van der Waals surface area contributed by atoms with Gasteiger partial charge in [-0.15, -0.1) is 0 Å². The highest BCUT2D eigenvalue weighted by Crippen LogP contribution is 2.40. The van der Waals surface area contributed by atoms with Gasteiger partial charge in [0.1, 0.15) is 11.3 Å². The number of rotatable bonds is 1. The van der Waals surface area contributed by atoms with Crippen molar-refractivity contribution in [2.75, 3.05) is 11.6 Å². The Morgan fingerprint density at radius 1 is 1.00 bits per heavy atom. The summed E-state index contributed by atoms with van der Waals surface area (Å²) in [6, 6.07) is 6.92. The van der Waals surface area contributed by atoms with Gasteiger partial charge < -0.3 is 14.1 Å². The van der Waals surface area contributed by atoms with Crippen LogP contribution in [-0.2, 0) is 25.6 Å². The fraction of sp³-hybridized carbons (Fsp3) is 0.318. The summed E-state index contributed by atoms with van der Waals surface area (Å²) >= 11 is 6.21. The van der Waals surface area contributed by atoms with E-state index in [2.05, 4.69) is 0 Å². The SMILES string of the molecule is O=c1oc2c3c(ccc2c2c1CCCC2)OCN(c1cc(C(F)(F)F)ccc1Cl)C3. The van der Waals surface area contributed by atoms with Crippen molar-refractivity contribution >= 4 is 28.3 Å². The lowest BCUT2D eigenvalue weighted by Gasteiger charge is -2.32. The first kappa shape index (κ1) is 19.3. The molecular weight excluding hydrogens is 419 g/mol. The second-order valence-electron chi connectivity index (χ2n) is 7.61. The molecule has 0 N–H and O–H groups in total. The standard InChI is InChI=1S/C22H17ClF3NO3/c23-17-7-5-12(22(24,25)26)9-18(17)27-10-16-19(29-11-27)8-6-14-13-3-1-2-4-15(13)21(28)30-20(14)16/h5-9H,1-4,10-11H2. The Balaban J connectivity index is 1.62. The number of hydrogen-bond donors (Lipinski definition) is 0. The van der Waals surface area contributed by atoms with Crippen molar-refractivity contribution in [3.63, 3.8) is 0 Å². The molecule has 0 spiro atoms. The molecule has 0 radical (unpaired) electrons.